The highest BCUT2D eigenvalue weighted by Crippen LogP contribution is 2.07. The van der Waals surface area contributed by atoms with Gasteiger partial charge in [0.2, 0.25) is 17.7 Å². The molecule has 0 aromatic carbocycles. The molecule has 4 atom stereocenters. The number of guanidine groups is 1. The molecule has 0 spiro atoms. The minimum Gasteiger partial charge on any atom is -0.480 e. The molecule has 4 unspecified atom stereocenters. The van der Waals surface area contributed by atoms with Crippen LogP contribution in [0.5, 0.6) is 0 Å². The number of aromatic nitrogens is 4. The van der Waals surface area contributed by atoms with E-state index in [9.17, 15) is 24.3 Å². The molecule has 3 amide bonds. The summed E-state index contributed by atoms with van der Waals surface area (Å²) >= 11 is 0. The van der Waals surface area contributed by atoms with Gasteiger partial charge in [-0.3, -0.25) is 19.4 Å². The Bertz CT molecular complexity index is 1100. The quantitative estimate of drug-likeness (QED) is 0.0605. The summed E-state index contributed by atoms with van der Waals surface area (Å²) in [6.07, 6.45) is 6.44. The van der Waals surface area contributed by atoms with Gasteiger partial charge in [-0.1, -0.05) is 13.8 Å². The number of nitrogens with zero attached hydrogens (tertiary/aromatic N) is 3. The maximum absolute atomic E-state index is 13.2. The van der Waals surface area contributed by atoms with Gasteiger partial charge in [-0.2, -0.15) is 0 Å². The number of carbonyl (C=O) groups is 4. The van der Waals surface area contributed by atoms with Gasteiger partial charge < -0.3 is 48.2 Å². The summed E-state index contributed by atoms with van der Waals surface area (Å²) < 4.78 is 0. The number of nitrogens with two attached hydrogens (primary N) is 3. The van der Waals surface area contributed by atoms with Crippen LogP contribution in [0.2, 0.25) is 0 Å². The second-order valence-corrected chi connectivity index (χ2v) is 9.31. The number of carboxylic acids is 1. The standard InChI is InChI=1S/C23H37N11O5/c1-12(2)18(34-19(35)15(24)4-3-5-29-23(25)26)21(37)32-16(6-13-8-27-10-30-13)20(36)33-17(22(38)39)7-14-9-28-11-31-14/h8-12,15-18H,3-7,24H2,1-2H3,(H,27,30)(H,28,31)(H,32,37)(H,33,36)(H,34,35)(H,38,39)(H4,25,26,29). The van der Waals surface area contributed by atoms with Crippen LogP contribution in [0.1, 0.15) is 38.1 Å². The van der Waals surface area contributed by atoms with E-state index in [4.69, 9.17) is 17.2 Å². The van der Waals surface area contributed by atoms with Crippen LogP contribution in [0.15, 0.2) is 30.0 Å². The fourth-order valence-electron chi connectivity index (χ4n) is 3.62. The van der Waals surface area contributed by atoms with Crippen molar-refractivity contribution in [2.75, 3.05) is 6.54 Å². The van der Waals surface area contributed by atoms with Gasteiger partial charge in [0.15, 0.2) is 5.96 Å². The van der Waals surface area contributed by atoms with E-state index in [0.717, 1.165) is 0 Å². The van der Waals surface area contributed by atoms with Crippen LogP contribution in [0.4, 0.5) is 0 Å². The number of H-pyrrole nitrogens is 2. The van der Waals surface area contributed by atoms with Gasteiger partial charge >= 0.3 is 5.97 Å². The molecule has 0 aliphatic heterocycles. The predicted octanol–water partition coefficient (Wildman–Crippen LogP) is -2.51. The zero-order valence-electron chi connectivity index (χ0n) is 21.9. The third-order valence-electron chi connectivity index (χ3n) is 5.76. The van der Waals surface area contributed by atoms with Gasteiger partial charge in [0.25, 0.3) is 0 Å². The number of rotatable bonds is 16. The molecule has 16 heteroatoms. The minimum atomic E-state index is -1.28. The smallest absolute Gasteiger partial charge is 0.326 e. The zero-order valence-corrected chi connectivity index (χ0v) is 21.9. The molecule has 0 bridgehead atoms. The molecule has 0 saturated carbocycles. The van der Waals surface area contributed by atoms with Crippen molar-refractivity contribution in [1.82, 2.24) is 35.9 Å². The molecule has 16 nitrogen and oxygen atoms in total. The molecule has 0 radical (unpaired) electrons. The summed E-state index contributed by atoms with van der Waals surface area (Å²) in [7, 11) is 0. The number of hydrogen-bond acceptors (Lipinski definition) is 8. The molecule has 2 rings (SSSR count). The van der Waals surface area contributed by atoms with Crippen molar-refractivity contribution in [1.29, 1.82) is 0 Å². The van der Waals surface area contributed by atoms with Crippen molar-refractivity contribution in [3.05, 3.63) is 36.4 Å². The van der Waals surface area contributed by atoms with Gasteiger partial charge in [-0.05, 0) is 18.8 Å². The second-order valence-electron chi connectivity index (χ2n) is 9.31. The van der Waals surface area contributed by atoms with E-state index >= 15 is 0 Å². The Hall–Kier alpha value is -4.47. The summed E-state index contributed by atoms with van der Waals surface area (Å²) in [5, 5.41) is 17.4. The second kappa shape index (κ2) is 15.1. The lowest BCUT2D eigenvalue weighted by atomic mass is 10.0. The molecule has 0 aliphatic carbocycles. The number of carbonyl (C=O) groups excluding carboxylic acids is 3. The highest BCUT2D eigenvalue weighted by molar-refractivity contribution is 5.94. The van der Waals surface area contributed by atoms with Crippen LogP contribution in [0.3, 0.4) is 0 Å². The van der Waals surface area contributed by atoms with E-state index in [2.05, 4.69) is 40.9 Å². The number of amides is 3. The van der Waals surface area contributed by atoms with Crippen molar-refractivity contribution < 1.29 is 24.3 Å². The summed E-state index contributed by atoms with van der Waals surface area (Å²) in [4.78, 5) is 68.2. The lowest BCUT2D eigenvalue weighted by Crippen LogP contribution is -2.59. The molecule has 2 heterocycles. The number of nitrogens with one attached hydrogen (secondary N) is 5. The van der Waals surface area contributed by atoms with Crippen LogP contribution in [-0.2, 0) is 32.0 Å². The van der Waals surface area contributed by atoms with E-state index in [1.54, 1.807) is 13.8 Å². The van der Waals surface area contributed by atoms with Crippen LogP contribution in [0, 0.1) is 5.92 Å². The number of imidazole rings is 2. The summed E-state index contributed by atoms with van der Waals surface area (Å²) in [5.74, 6) is -3.58. The van der Waals surface area contributed by atoms with Gasteiger partial charge in [0.1, 0.15) is 18.1 Å². The van der Waals surface area contributed by atoms with Crippen LogP contribution in [0.25, 0.3) is 0 Å². The average molecular weight is 548 g/mol. The molecule has 39 heavy (non-hydrogen) atoms. The Kier molecular flexibility index (Phi) is 11.9. The number of aromatic amines is 2. The Morgan fingerprint density at radius 2 is 1.49 bits per heavy atom. The van der Waals surface area contributed by atoms with E-state index in [0.29, 0.717) is 24.4 Å². The van der Waals surface area contributed by atoms with Crippen LogP contribution < -0.4 is 33.2 Å². The first-order valence-electron chi connectivity index (χ1n) is 12.4. The van der Waals surface area contributed by atoms with Gasteiger partial charge in [-0.25, -0.2) is 14.8 Å². The predicted molar refractivity (Wildman–Crippen MR) is 141 cm³/mol. The van der Waals surface area contributed by atoms with Gasteiger partial charge in [-0.15, -0.1) is 0 Å². The van der Waals surface area contributed by atoms with E-state index in [1.165, 1.54) is 25.0 Å². The Morgan fingerprint density at radius 3 is 1.97 bits per heavy atom. The van der Waals surface area contributed by atoms with Crippen molar-refractivity contribution in [2.45, 2.75) is 63.7 Å². The summed E-state index contributed by atoms with van der Waals surface area (Å²) in [6.45, 7) is 3.76. The van der Waals surface area contributed by atoms with Crippen LogP contribution >= 0.6 is 0 Å². The molecule has 0 saturated heterocycles. The monoisotopic (exact) mass is 547 g/mol. The Balaban J connectivity index is 2.10. The lowest BCUT2D eigenvalue weighted by molar-refractivity contribution is -0.142. The van der Waals surface area contributed by atoms with Crippen molar-refractivity contribution in [3.63, 3.8) is 0 Å². The fourth-order valence-corrected chi connectivity index (χ4v) is 3.62. The van der Waals surface area contributed by atoms with Gasteiger partial charge in [0.05, 0.1) is 18.7 Å². The first-order valence-corrected chi connectivity index (χ1v) is 12.4. The van der Waals surface area contributed by atoms with Crippen molar-refractivity contribution in [2.24, 2.45) is 28.1 Å². The molecule has 2 aromatic rings. The third-order valence-corrected chi connectivity index (χ3v) is 5.76. The van der Waals surface area contributed by atoms with Crippen molar-refractivity contribution in [3.8, 4) is 0 Å². The molecule has 0 fully saturated rings. The van der Waals surface area contributed by atoms with Gasteiger partial charge in [0, 0.05) is 43.2 Å². The first-order chi connectivity index (χ1) is 18.5. The lowest BCUT2D eigenvalue weighted by Gasteiger charge is -2.27. The molecule has 0 aliphatic rings. The maximum atomic E-state index is 13.2. The maximum Gasteiger partial charge on any atom is 0.326 e. The summed E-state index contributed by atoms with van der Waals surface area (Å²) in [5.41, 5.74) is 17.6. The van der Waals surface area contributed by atoms with E-state index in [-0.39, 0.29) is 31.1 Å². The van der Waals surface area contributed by atoms with E-state index in [1.807, 2.05) is 0 Å². The molecule has 2 aromatic heterocycles. The molecule has 12 N–H and O–H groups in total. The minimum absolute atomic E-state index is 0.00294. The highest BCUT2D eigenvalue weighted by atomic mass is 16.4. The average Bonchev–Trinajstić information content (AvgIpc) is 3.58. The van der Waals surface area contributed by atoms with Crippen molar-refractivity contribution >= 4 is 29.7 Å². The fraction of sp³-hybridized carbons (Fsp3) is 0.522. The number of hydrogen-bond donors (Lipinski definition) is 9. The van der Waals surface area contributed by atoms with Crippen LogP contribution in [-0.4, -0.2) is 85.4 Å². The van der Waals surface area contributed by atoms with E-state index < -0.39 is 47.9 Å². The molecular formula is C23H37N11O5. The Morgan fingerprint density at radius 1 is 0.923 bits per heavy atom. The largest absolute Gasteiger partial charge is 0.480 e. The normalized spacial score (nSPS) is 14.1. The SMILES string of the molecule is CC(C)C(NC(=O)C(N)CCCN=C(N)N)C(=O)NC(Cc1cnc[nH]1)C(=O)NC(Cc1cnc[nH]1)C(=O)O. The molecule has 214 valence electrons. The summed E-state index contributed by atoms with van der Waals surface area (Å²) in [6, 6.07) is -4.38. The molecular weight excluding hydrogens is 510 g/mol. The number of aliphatic imine (C=N–C) groups is 1. The zero-order chi connectivity index (χ0) is 28.9. The number of carboxylic acid groups (broad SMARTS) is 1. The topological polar surface area (TPSA) is 272 Å². The number of aliphatic carboxylic acids is 1. The Labute approximate surface area is 225 Å². The highest BCUT2D eigenvalue weighted by Gasteiger charge is 2.32. The third kappa shape index (κ3) is 10.4. The first kappa shape index (κ1) is 30.8.